The van der Waals surface area contributed by atoms with Crippen LogP contribution in [-0.4, -0.2) is 44.1 Å². The van der Waals surface area contributed by atoms with Gasteiger partial charge in [-0.2, -0.15) is 0 Å². The van der Waals surface area contributed by atoms with Gasteiger partial charge in [0, 0.05) is 13.1 Å². The third kappa shape index (κ3) is 11.5. The van der Waals surface area contributed by atoms with E-state index in [1.54, 1.807) is 0 Å². The third-order valence-electron chi connectivity index (χ3n) is 4.49. The van der Waals surface area contributed by atoms with Crippen LogP contribution >= 0.6 is 24.0 Å². The second-order valence-electron chi connectivity index (χ2n) is 6.50. The predicted molar refractivity (Wildman–Crippen MR) is 108 cm³/mol. The Hall–Kier alpha value is -0.0400. The maximum absolute atomic E-state index is 5.90. The van der Waals surface area contributed by atoms with Crippen molar-refractivity contribution in [2.24, 2.45) is 16.6 Å². The van der Waals surface area contributed by atoms with Crippen molar-refractivity contribution in [3.8, 4) is 0 Å². The molecule has 0 amide bonds. The Morgan fingerprint density at radius 1 is 1.14 bits per heavy atom. The summed E-state index contributed by atoms with van der Waals surface area (Å²) in [6.45, 7) is 6.58. The van der Waals surface area contributed by atoms with Crippen LogP contribution < -0.4 is 11.1 Å². The van der Waals surface area contributed by atoms with Gasteiger partial charge in [0.15, 0.2) is 5.96 Å². The van der Waals surface area contributed by atoms with Gasteiger partial charge in [-0.25, -0.2) is 0 Å². The van der Waals surface area contributed by atoms with Gasteiger partial charge in [-0.15, -0.1) is 24.0 Å². The minimum absolute atomic E-state index is 0. The molecule has 4 nitrogen and oxygen atoms in total. The summed E-state index contributed by atoms with van der Waals surface area (Å²) >= 11 is 0. The van der Waals surface area contributed by atoms with Crippen LogP contribution in [0.2, 0.25) is 0 Å². The fourth-order valence-electron chi connectivity index (χ4n) is 2.90. The Morgan fingerprint density at radius 2 is 1.77 bits per heavy atom. The lowest BCUT2D eigenvalue weighted by Gasteiger charge is -2.28. The van der Waals surface area contributed by atoms with Crippen molar-refractivity contribution in [2.75, 3.05) is 33.2 Å². The number of nitrogens with two attached hydrogens (primary N) is 1. The van der Waals surface area contributed by atoms with Crippen molar-refractivity contribution in [1.29, 1.82) is 0 Å². The van der Waals surface area contributed by atoms with E-state index in [4.69, 9.17) is 5.73 Å². The number of nitrogens with zero attached hydrogens (tertiary/aromatic N) is 2. The van der Waals surface area contributed by atoms with Crippen molar-refractivity contribution in [3.05, 3.63) is 0 Å². The molecule has 1 rings (SSSR count). The maximum atomic E-state index is 5.90. The van der Waals surface area contributed by atoms with E-state index in [2.05, 4.69) is 29.2 Å². The normalized spacial score (nSPS) is 17.3. The Labute approximate surface area is 154 Å². The van der Waals surface area contributed by atoms with Crippen molar-refractivity contribution in [2.45, 2.75) is 64.7 Å². The highest BCUT2D eigenvalue weighted by atomic mass is 127. The number of guanidine groups is 1. The summed E-state index contributed by atoms with van der Waals surface area (Å²) in [5, 5.41) is 3.27. The van der Waals surface area contributed by atoms with Crippen LogP contribution in [0.4, 0.5) is 0 Å². The highest BCUT2D eigenvalue weighted by Gasteiger charge is 2.15. The van der Waals surface area contributed by atoms with E-state index in [0.29, 0.717) is 5.96 Å². The third-order valence-corrected chi connectivity index (χ3v) is 4.49. The molecule has 0 aromatic heterocycles. The number of hydrogen-bond acceptors (Lipinski definition) is 2. The molecule has 0 unspecified atom stereocenters. The number of halogens is 1. The average molecular weight is 424 g/mol. The Bertz CT molecular complexity index is 276. The molecule has 0 aromatic carbocycles. The predicted octanol–water partition coefficient (Wildman–Crippen LogP) is 3.60. The lowest BCUT2D eigenvalue weighted by Crippen LogP contribution is -2.35. The van der Waals surface area contributed by atoms with Crippen LogP contribution in [-0.2, 0) is 0 Å². The van der Waals surface area contributed by atoms with Crippen LogP contribution in [0.1, 0.15) is 64.7 Å². The summed E-state index contributed by atoms with van der Waals surface area (Å²) < 4.78 is 0. The van der Waals surface area contributed by atoms with E-state index >= 15 is 0 Å². The number of rotatable bonds is 10. The number of likely N-dealkylation sites (tertiary alicyclic amines) is 1. The summed E-state index contributed by atoms with van der Waals surface area (Å²) in [5.74, 6) is 1.50. The van der Waals surface area contributed by atoms with Gasteiger partial charge in [-0.05, 0) is 51.7 Å². The monoisotopic (exact) mass is 424 g/mol. The van der Waals surface area contributed by atoms with Crippen molar-refractivity contribution < 1.29 is 0 Å². The van der Waals surface area contributed by atoms with E-state index in [1.807, 2.05) is 0 Å². The fourth-order valence-corrected chi connectivity index (χ4v) is 2.90. The largest absolute Gasteiger partial charge is 0.370 e. The van der Waals surface area contributed by atoms with Crippen LogP contribution in [0, 0.1) is 5.92 Å². The summed E-state index contributed by atoms with van der Waals surface area (Å²) in [5.41, 5.74) is 5.90. The molecule has 1 fully saturated rings. The lowest BCUT2D eigenvalue weighted by atomic mass is 9.94. The number of hydrogen-bond donors (Lipinski definition) is 2. The Morgan fingerprint density at radius 3 is 2.45 bits per heavy atom. The van der Waals surface area contributed by atoms with Crippen molar-refractivity contribution in [3.63, 3.8) is 0 Å². The second-order valence-corrected chi connectivity index (χ2v) is 6.50. The Kier molecular flexibility index (Phi) is 14.5. The van der Waals surface area contributed by atoms with Gasteiger partial charge >= 0.3 is 0 Å². The van der Waals surface area contributed by atoms with Gasteiger partial charge in [0.2, 0.25) is 0 Å². The minimum atomic E-state index is 0. The molecule has 132 valence electrons. The van der Waals surface area contributed by atoms with E-state index in [9.17, 15) is 0 Å². The molecule has 1 aliphatic rings. The van der Waals surface area contributed by atoms with E-state index < -0.39 is 0 Å². The number of aliphatic imine (C=N–C) groups is 1. The quantitative estimate of drug-likeness (QED) is 0.244. The smallest absolute Gasteiger partial charge is 0.188 e. The van der Waals surface area contributed by atoms with Gasteiger partial charge in [0.05, 0.1) is 0 Å². The molecule has 0 radical (unpaired) electrons. The molecule has 0 aromatic rings. The summed E-state index contributed by atoms with van der Waals surface area (Å²) in [6, 6.07) is 0. The lowest BCUT2D eigenvalue weighted by molar-refractivity contribution is 0.213. The number of nitrogens with one attached hydrogen (secondary N) is 1. The van der Waals surface area contributed by atoms with Crippen LogP contribution in [0.3, 0.4) is 0 Å². The van der Waals surface area contributed by atoms with E-state index in [-0.39, 0.29) is 24.0 Å². The fraction of sp³-hybridized carbons (Fsp3) is 0.941. The first-order chi connectivity index (χ1) is 10.2. The number of piperidine rings is 1. The zero-order chi connectivity index (χ0) is 15.3. The van der Waals surface area contributed by atoms with Gasteiger partial charge in [-0.1, -0.05) is 39.0 Å². The molecule has 22 heavy (non-hydrogen) atoms. The SMILES string of the molecule is CCCCCCCCN=C(N)NCCC1CCN(C)CC1.I. The highest BCUT2D eigenvalue weighted by molar-refractivity contribution is 14.0. The molecular formula is C17H37IN4. The average Bonchev–Trinajstić information content (AvgIpc) is 2.48. The molecule has 0 saturated carbocycles. The minimum Gasteiger partial charge on any atom is -0.370 e. The van der Waals surface area contributed by atoms with Gasteiger partial charge < -0.3 is 16.0 Å². The van der Waals surface area contributed by atoms with Crippen LogP contribution in [0.5, 0.6) is 0 Å². The van der Waals surface area contributed by atoms with Crippen LogP contribution in [0.25, 0.3) is 0 Å². The Balaban J connectivity index is 0.00000441. The summed E-state index contributed by atoms with van der Waals surface area (Å²) in [4.78, 5) is 6.83. The molecule has 0 bridgehead atoms. The van der Waals surface area contributed by atoms with Gasteiger partial charge in [0.1, 0.15) is 0 Å². The molecule has 1 aliphatic heterocycles. The summed E-state index contributed by atoms with van der Waals surface area (Å²) in [6.07, 6.45) is 11.7. The topological polar surface area (TPSA) is 53.6 Å². The number of unbranched alkanes of at least 4 members (excludes halogenated alkanes) is 5. The van der Waals surface area contributed by atoms with Crippen LogP contribution in [0.15, 0.2) is 4.99 Å². The molecule has 0 spiro atoms. The van der Waals surface area contributed by atoms with Crippen molar-refractivity contribution in [1.82, 2.24) is 10.2 Å². The first-order valence-corrected chi connectivity index (χ1v) is 8.94. The molecular weight excluding hydrogens is 387 g/mol. The second kappa shape index (κ2) is 14.5. The van der Waals surface area contributed by atoms with E-state index in [1.165, 1.54) is 70.9 Å². The zero-order valence-electron chi connectivity index (χ0n) is 14.6. The zero-order valence-corrected chi connectivity index (χ0v) is 17.0. The van der Waals surface area contributed by atoms with Gasteiger partial charge in [-0.3, -0.25) is 4.99 Å². The van der Waals surface area contributed by atoms with E-state index in [0.717, 1.165) is 19.0 Å². The standard InChI is InChI=1S/C17H36N4.HI/c1-3-4-5-6-7-8-12-19-17(18)20-13-9-16-10-14-21(2)15-11-16;/h16H,3-15H2,1-2H3,(H3,18,19,20);1H. The first-order valence-electron chi connectivity index (χ1n) is 8.94. The van der Waals surface area contributed by atoms with Gasteiger partial charge in [0.25, 0.3) is 0 Å². The molecule has 1 heterocycles. The first kappa shape index (κ1) is 22.0. The highest BCUT2D eigenvalue weighted by Crippen LogP contribution is 2.18. The molecule has 0 aliphatic carbocycles. The molecule has 3 N–H and O–H groups in total. The maximum Gasteiger partial charge on any atom is 0.188 e. The molecule has 5 heteroatoms. The van der Waals surface area contributed by atoms with Crippen molar-refractivity contribution >= 4 is 29.9 Å². The summed E-state index contributed by atoms with van der Waals surface area (Å²) in [7, 11) is 2.21. The molecule has 1 saturated heterocycles. The molecule has 0 atom stereocenters.